The van der Waals surface area contributed by atoms with E-state index in [0.717, 1.165) is 42.6 Å². The lowest BCUT2D eigenvalue weighted by Crippen LogP contribution is -2.56. The third kappa shape index (κ3) is 7.71. The smallest absolute Gasteiger partial charge is 0.411 e. The molecule has 1 fully saturated rings. The first-order chi connectivity index (χ1) is 20.3. The van der Waals surface area contributed by atoms with E-state index in [4.69, 9.17) is 4.74 Å². The number of nitrogens with zero attached hydrogens (tertiary/aromatic N) is 4. The predicted molar refractivity (Wildman–Crippen MR) is 163 cm³/mol. The van der Waals surface area contributed by atoms with Crippen LogP contribution in [0, 0.1) is 17.1 Å². The molecule has 4 rings (SSSR count). The van der Waals surface area contributed by atoms with Crippen LogP contribution in [-0.4, -0.2) is 78.6 Å². The molecule has 0 bridgehead atoms. The molecule has 1 heterocycles. The van der Waals surface area contributed by atoms with Crippen molar-refractivity contribution < 1.29 is 23.5 Å². The summed E-state index contributed by atoms with van der Waals surface area (Å²) in [6, 6.07) is 10.6. The number of nitriles is 1. The van der Waals surface area contributed by atoms with Crippen LogP contribution in [0.1, 0.15) is 58.1 Å². The molecule has 9 nitrogen and oxygen atoms in total. The zero-order valence-corrected chi connectivity index (χ0v) is 25.9. The Kier molecular flexibility index (Phi) is 9.75. The summed E-state index contributed by atoms with van der Waals surface area (Å²) in [6.07, 6.45) is 2.25. The maximum Gasteiger partial charge on any atom is 0.411 e. The van der Waals surface area contributed by atoms with Gasteiger partial charge in [-0.25, -0.2) is 9.18 Å². The number of benzene rings is 2. The molecular formula is C33H42FN5O4. The Balaban J connectivity index is 1.43. The first kappa shape index (κ1) is 32.0. The second-order valence-corrected chi connectivity index (χ2v) is 12.7. The number of ether oxygens (including phenoxy) is 1. The van der Waals surface area contributed by atoms with Gasteiger partial charge in [0.25, 0.3) is 0 Å². The van der Waals surface area contributed by atoms with Gasteiger partial charge in [0, 0.05) is 31.2 Å². The van der Waals surface area contributed by atoms with Gasteiger partial charge in [-0.2, -0.15) is 5.26 Å². The van der Waals surface area contributed by atoms with Crippen molar-refractivity contribution in [1.29, 1.82) is 5.26 Å². The van der Waals surface area contributed by atoms with Gasteiger partial charge in [0.05, 0.1) is 12.5 Å². The molecule has 3 amide bonds. The zero-order chi connectivity index (χ0) is 31.5. The van der Waals surface area contributed by atoms with Crippen LogP contribution < -0.4 is 10.2 Å². The maximum atomic E-state index is 15.3. The monoisotopic (exact) mass is 591 g/mol. The molecule has 2 aromatic rings. The molecule has 0 saturated heterocycles. The van der Waals surface area contributed by atoms with Gasteiger partial charge in [0.15, 0.2) is 0 Å². The highest BCUT2D eigenvalue weighted by molar-refractivity contribution is 6.02. The molecule has 2 aromatic carbocycles. The lowest BCUT2D eigenvalue weighted by molar-refractivity contribution is -0.127. The number of carbonyl (C=O) groups is 3. The highest BCUT2D eigenvalue weighted by Crippen LogP contribution is 2.34. The molecule has 2 atom stereocenters. The largest absolute Gasteiger partial charge is 0.444 e. The van der Waals surface area contributed by atoms with Crippen molar-refractivity contribution in [3.05, 3.63) is 53.3 Å². The quantitative estimate of drug-likeness (QED) is 0.431. The highest BCUT2D eigenvalue weighted by Gasteiger charge is 2.38. The Labute approximate surface area is 253 Å². The average molecular weight is 592 g/mol. The van der Waals surface area contributed by atoms with Gasteiger partial charge >= 0.3 is 6.09 Å². The maximum absolute atomic E-state index is 15.3. The average Bonchev–Trinajstić information content (AvgIpc) is 3.22. The van der Waals surface area contributed by atoms with Crippen LogP contribution in [0.2, 0.25) is 0 Å². The van der Waals surface area contributed by atoms with E-state index in [-0.39, 0.29) is 23.9 Å². The number of anilines is 1. The first-order valence-electron chi connectivity index (χ1n) is 14.9. The molecule has 43 heavy (non-hydrogen) atoms. The SMILES string of the molecule is C[C@@H](C(=O)N[C@H](C#N)Cc1ccc(-c2ccc3c(c2)CC(=O)N3CCN(C)C)cc1F)N(C(=O)OC(C)(C)C)C1CCC1. The summed E-state index contributed by atoms with van der Waals surface area (Å²) in [5, 5.41) is 12.5. The third-order valence-electron chi connectivity index (χ3n) is 7.94. The van der Waals surface area contributed by atoms with Gasteiger partial charge in [0.1, 0.15) is 23.5 Å². The number of hydrogen-bond acceptors (Lipinski definition) is 6. The van der Waals surface area contributed by atoms with Gasteiger partial charge in [-0.1, -0.05) is 18.2 Å². The van der Waals surface area contributed by atoms with Crippen LogP contribution in [0.5, 0.6) is 0 Å². The molecule has 1 aliphatic carbocycles. The standard InChI is InChI=1S/C33H42FN5O4/c1-21(39(27-8-7-9-27)32(42)43-33(2,3)4)31(41)36-26(20-35)17-24-11-10-23(18-28(24)34)22-12-13-29-25(16-22)19-30(40)38(29)15-14-37(5)6/h10-13,16,18,21,26-27H,7-9,14-15,17,19H2,1-6H3,(H,36,41)/t21-,26-/m0/s1. The van der Waals surface area contributed by atoms with Crippen LogP contribution in [0.15, 0.2) is 36.4 Å². The molecule has 0 aromatic heterocycles. The minimum Gasteiger partial charge on any atom is -0.444 e. The molecule has 1 aliphatic heterocycles. The van der Waals surface area contributed by atoms with E-state index in [1.54, 1.807) is 44.7 Å². The topological polar surface area (TPSA) is 106 Å². The Morgan fingerprint density at radius 3 is 2.42 bits per heavy atom. The van der Waals surface area contributed by atoms with Crippen LogP contribution >= 0.6 is 0 Å². The Morgan fingerprint density at radius 1 is 1.16 bits per heavy atom. The molecule has 1 N–H and O–H groups in total. The second-order valence-electron chi connectivity index (χ2n) is 12.7. The van der Waals surface area contributed by atoms with Crippen LogP contribution in [-0.2, 0) is 27.2 Å². The minimum atomic E-state index is -0.990. The molecule has 0 radical (unpaired) electrons. The number of rotatable bonds is 10. The van der Waals surface area contributed by atoms with Gasteiger partial charge < -0.3 is 19.9 Å². The molecule has 0 spiro atoms. The molecule has 0 unspecified atom stereocenters. The summed E-state index contributed by atoms with van der Waals surface area (Å²) in [5.74, 6) is -0.931. The Morgan fingerprint density at radius 2 is 1.84 bits per heavy atom. The number of fused-ring (bicyclic) bond motifs is 1. The summed E-state index contributed by atoms with van der Waals surface area (Å²) in [7, 11) is 3.93. The number of hydrogen-bond donors (Lipinski definition) is 1. The number of carbonyl (C=O) groups excluding carboxylic acids is 3. The van der Waals surface area contributed by atoms with Gasteiger partial charge in [0.2, 0.25) is 11.8 Å². The van der Waals surface area contributed by atoms with Crippen LogP contribution in [0.3, 0.4) is 0 Å². The van der Waals surface area contributed by atoms with E-state index < -0.39 is 35.5 Å². The molecule has 230 valence electrons. The molecule has 1 saturated carbocycles. The van der Waals surface area contributed by atoms with Crippen molar-refractivity contribution in [2.45, 2.75) is 83.5 Å². The van der Waals surface area contributed by atoms with E-state index >= 15 is 4.39 Å². The van der Waals surface area contributed by atoms with E-state index in [1.165, 1.54) is 11.0 Å². The lowest BCUT2D eigenvalue weighted by atomic mass is 9.90. The van der Waals surface area contributed by atoms with Crippen molar-refractivity contribution in [2.75, 3.05) is 32.1 Å². The van der Waals surface area contributed by atoms with Crippen LogP contribution in [0.4, 0.5) is 14.9 Å². The van der Waals surface area contributed by atoms with Crippen molar-refractivity contribution in [3.8, 4) is 17.2 Å². The van der Waals surface area contributed by atoms with Crippen molar-refractivity contribution in [1.82, 2.24) is 15.1 Å². The van der Waals surface area contributed by atoms with Crippen molar-refractivity contribution in [3.63, 3.8) is 0 Å². The summed E-state index contributed by atoms with van der Waals surface area (Å²) in [6.45, 7) is 8.29. The van der Waals surface area contributed by atoms with Gasteiger partial charge in [-0.15, -0.1) is 0 Å². The number of nitrogens with one attached hydrogen (secondary N) is 1. The minimum absolute atomic E-state index is 0.0313. The van der Waals surface area contributed by atoms with Crippen molar-refractivity contribution in [2.24, 2.45) is 0 Å². The normalized spacial score (nSPS) is 16.3. The number of amides is 3. The molecular weight excluding hydrogens is 549 g/mol. The van der Waals surface area contributed by atoms with Gasteiger partial charge in [-0.05, 0) is 102 Å². The lowest BCUT2D eigenvalue weighted by Gasteiger charge is -2.41. The molecule has 2 aliphatic rings. The Bertz CT molecular complexity index is 1410. The van der Waals surface area contributed by atoms with Gasteiger partial charge in [-0.3, -0.25) is 14.5 Å². The van der Waals surface area contributed by atoms with E-state index in [9.17, 15) is 19.6 Å². The second kappa shape index (κ2) is 13.1. The fourth-order valence-corrected chi connectivity index (χ4v) is 5.37. The summed E-state index contributed by atoms with van der Waals surface area (Å²) >= 11 is 0. The third-order valence-corrected chi connectivity index (χ3v) is 7.94. The fourth-order valence-electron chi connectivity index (χ4n) is 5.37. The highest BCUT2D eigenvalue weighted by atomic mass is 19.1. The predicted octanol–water partition coefficient (Wildman–Crippen LogP) is 4.67. The Hall–Kier alpha value is -3.97. The number of likely N-dealkylation sites (N-methyl/N-ethyl adjacent to an activating group) is 1. The summed E-state index contributed by atoms with van der Waals surface area (Å²) in [4.78, 5) is 43.9. The van der Waals surface area contributed by atoms with E-state index in [0.29, 0.717) is 18.5 Å². The summed E-state index contributed by atoms with van der Waals surface area (Å²) in [5.41, 5.74) is 2.83. The fraction of sp³-hybridized carbons (Fsp3) is 0.515. The number of halogens is 1. The zero-order valence-electron chi connectivity index (χ0n) is 25.9. The van der Waals surface area contributed by atoms with E-state index in [2.05, 4.69) is 11.4 Å². The summed E-state index contributed by atoms with van der Waals surface area (Å²) < 4.78 is 20.8. The van der Waals surface area contributed by atoms with E-state index in [1.807, 2.05) is 37.2 Å². The van der Waals surface area contributed by atoms with Crippen molar-refractivity contribution >= 4 is 23.6 Å². The van der Waals surface area contributed by atoms with Crippen LogP contribution in [0.25, 0.3) is 11.1 Å². The molecule has 10 heteroatoms. The first-order valence-corrected chi connectivity index (χ1v) is 14.9.